The molecular weight excluding hydrogens is 404 g/mol. The maximum atomic E-state index is 12.3. The van der Waals surface area contributed by atoms with E-state index in [1.165, 1.54) is 12.8 Å². The van der Waals surface area contributed by atoms with E-state index < -0.39 is 0 Å². The molecule has 1 fully saturated rings. The Morgan fingerprint density at radius 1 is 1.36 bits per heavy atom. The lowest BCUT2D eigenvalue weighted by Gasteiger charge is -2.22. The van der Waals surface area contributed by atoms with E-state index in [9.17, 15) is 4.79 Å². The first-order valence-corrected chi connectivity index (χ1v) is 9.24. The summed E-state index contributed by atoms with van der Waals surface area (Å²) in [4.78, 5) is 12.3. The van der Waals surface area contributed by atoms with Crippen molar-refractivity contribution in [2.75, 3.05) is 18.4 Å². The number of carbonyl (C=O) groups is 1. The average molecular weight is 428 g/mol. The molecule has 2 heterocycles. The molecule has 0 atom stereocenters. The van der Waals surface area contributed by atoms with Gasteiger partial charge in [0.1, 0.15) is 5.82 Å². The Morgan fingerprint density at radius 3 is 2.84 bits per heavy atom. The van der Waals surface area contributed by atoms with E-state index in [0.29, 0.717) is 12.3 Å². The fraction of sp³-hybridized carbons (Fsp3) is 0.444. The monoisotopic (exact) mass is 426 g/mol. The molecule has 7 heteroatoms. The number of hydrogen-bond donors (Lipinski definition) is 2. The van der Waals surface area contributed by atoms with E-state index in [2.05, 4.69) is 31.7 Å². The largest absolute Gasteiger partial charge is 0.317 e. The molecule has 0 bridgehead atoms. The number of hydrogen-bond acceptors (Lipinski definition) is 3. The fourth-order valence-corrected chi connectivity index (χ4v) is 3.49. The molecule has 25 heavy (non-hydrogen) atoms. The Morgan fingerprint density at radius 2 is 2.12 bits per heavy atom. The van der Waals surface area contributed by atoms with Crippen LogP contribution in [0, 0.1) is 12.8 Å². The van der Waals surface area contributed by atoms with Crippen LogP contribution in [-0.2, 0) is 4.79 Å². The molecule has 0 saturated carbocycles. The zero-order valence-electron chi connectivity index (χ0n) is 14.3. The van der Waals surface area contributed by atoms with Gasteiger partial charge in [-0.15, -0.1) is 12.4 Å². The van der Waals surface area contributed by atoms with Crippen molar-refractivity contribution in [2.24, 2.45) is 5.92 Å². The molecule has 5 nitrogen and oxygen atoms in total. The minimum atomic E-state index is 0. The van der Waals surface area contributed by atoms with Crippen molar-refractivity contribution in [1.82, 2.24) is 15.1 Å². The molecule has 0 spiro atoms. The van der Waals surface area contributed by atoms with Gasteiger partial charge in [0.25, 0.3) is 0 Å². The Kier molecular flexibility index (Phi) is 7.47. The number of amides is 1. The summed E-state index contributed by atoms with van der Waals surface area (Å²) in [6.45, 7) is 4.07. The first-order valence-electron chi connectivity index (χ1n) is 8.45. The minimum Gasteiger partial charge on any atom is -0.317 e. The number of carbonyl (C=O) groups excluding carboxylic acids is 1. The Hall–Kier alpha value is -1.37. The van der Waals surface area contributed by atoms with Crippen molar-refractivity contribution < 1.29 is 4.79 Å². The van der Waals surface area contributed by atoms with Crippen LogP contribution < -0.4 is 10.6 Å². The number of aromatic nitrogens is 2. The van der Waals surface area contributed by atoms with E-state index in [-0.39, 0.29) is 18.3 Å². The summed E-state index contributed by atoms with van der Waals surface area (Å²) in [5.41, 5.74) is 1.80. The highest BCUT2D eigenvalue weighted by molar-refractivity contribution is 9.10. The number of piperidine rings is 1. The second-order valence-electron chi connectivity index (χ2n) is 6.34. The smallest absolute Gasteiger partial charge is 0.225 e. The molecule has 0 aliphatic carbocycles. The lowest BCUT2D eigenvalue weighted by molar-refractivity contribution is -0.116. The second-order valence-corrected chi connectivity index (χ2v) is 7.26. The molecule has 1 amide bonds. The number of nitrogens with zero attached hydrogens (tertiary/aromatic N) is 2. The lowest BCUT2D eigenvalue weighted by Crippen LogP contribution is -2.28. The highest BCUT2D eigenvalue weighted by atomic mass is 79.9. The third-order valence-electron chi connectivity index (χ3n) is 4.39. The molecule has 1 aromatic heterocycles. The second kappa shape index (κ2) is 9.36. The van der Waals surface area contributed by atoms with Crippen LogP contribution in [0.3, 0.4) is 0 Å². The predicted molar refractivity (Wildman–Crippen MR) is 107 cm³/mol. The lowest BCUT2D eigenvalue weighted by atomic mass is 9.93. The summed E-state index contributed by atoms with van der Waals surface area (Å²) in [5.74, 6) is 1.44. The van der Waals surface area contributed by atoms with Gasteiger partial charge in [0.05, 0.1) is 11.4 Å². The molecule has 136 valence electrons. The Bertz CT molecular complexity index is 713. The fourth-order valence-electron chi connectivity index (χ4n) is 3.10. The zero-order chi connectivity index (χ0) is 16.9. The number of nitrogens with one attached hydrogen (secondary N) is 2. The Labute approximate surface area is 163 Å². The van der Waals surface area contributed by atoms with Gasteiger partial charge in [-0.05, 0) is 63.4 Å². The molecule has 0 unspecified atom stereocenters. The van der Waals surface area contributed by atoms with Crippen molar-refractivity contribution >= 4 is 40.1 Å². The van der Waals surface area contributed by atoms with Crippen molar-refractivity contribution in [3.05, 3.63) is 40.5 Å². The predicted octanol–water partition coefficient (Wildman–Crippen LogP) is 4.08. The summed E-state index contributed by atoms with van der Waals surface area (Å²) < 4.78 is 2.76. The molecule has 1 aliphatic heterocycles. The van der Waals surface area contributed by atoms with Gasteiger partial charge in [-0.2, -0.15) is 5.10 Å². The van der Waals surface area contributed by atoms with Crippen molar-refractivity contribution in [3.8, 4) is 5.69 Å². The normalized spacial score (nSPS) is 14.8. The zero-order valence-corrected chi connectivity index (χ0v) is 16.7. The van der Waals surface area contributed by atoms with Gasteiger partial charge in [-0.1, -0.05) is 22.0 Å². The molecule has 2 aromatic rings. The maximum absolute atomic E-state index is 12.3. The number of anilines is 1. The van der Waals surface area contributed by atoms with Gasteiger partial charge in [-0.3, -0.25) is 4.79 Å². The number of halogens is 2. The Balaban J connectivity index is 0.00000225. The van der Waals surface area contributed by atoms with Crippen LogP contribution in [-0.4, -0.2) is 28.8 Å². The molecule has 0 radical (unpaired) electrons. The molecular formula is C18H24BrClN4O. The maximum Gasteiger partial charge on any atom is 0.225 e. The van der Waals surface area contributed by atoms with Crippen molar-refractivity contribution in [3.63, 3.8) is 0 Å². The van der Waals surface area contributed by atoms with Gasteiger partial charge < -0.3 is 10.6 Å². The highest BCUT2D eigenvalue weighted by Crippen LogP contribution is 2.22. The molecule has 2 N–H and O–H groups in total. The molecule has 1 saturated heterocycles. The summed E-state index contributed by atoms with van der Waals surface area (Å²) in [7, 11) is 0. The van der Waals surface area contributed by atoms with Gasteiger partial charge in [0.15, 0.2) is 0 Å². The van der Waals surface area contributed by atoms with Crippen LogP contribution in [0.1, 0.15) is 31.4 Å². The summed E-state index contributed by atoms with van der Waals surface area (Å²) >= 11 is 3.48. The van der Waals surface area contributed by atoms with Crippen molar-refractivity contribution in [2.45, 2.75) is 32.6 Å². The average Bonchev–Trinajstić information content (AvgIpc) is 2.94. The first kappa shape index (κ1) is 19.9. The first-order chi connectivity index (χ1) is 11.6. The number of rotatable bonds is 5. The summed E-state index contributed by atoms with van der Waals surface area (Å²) in [6, 6.07) is 9.79. The van der Waals surface area contributed by atoms with E-state index in [1.807, 2.05) is 37.3 Å². The van der Waals surface area contributed by atoms with Crippen LogP contribution in [0.5, 0.6) is 0 Å². The van der Waals surface area contributed by atoms with Crippen LogP contribution in [0.2, 0.25) is 0 Å². The number of aryl methyl sites for hydroxylation is 1. The van der Waals surface area contributed by atoms with E-state index in [0.717, 1.165) is 41.2 Å². The molecule has 1 aliphatic rings. The third kappa shape index (κ3) is 5.56. The van der Waals surface area contributed by atoms with Crippen LogP contribution in [0.4, 0.5) is 5.82 Å². The number of benzene rings is 1. The topological polar surface area (TPSA) is 59.0 Å². The van der Waals surface area contributed by atoms with E-state index in [4.69, 9.17) is 0 Å². The summed E-state index contributed by atoms with van der Waals surface area (Å²) in [5, 5.41) is 10.9. The van der Waals surface area contributed by atoms with Gasteiger partial charge in [0, 0.05) is 17.0 Å². The van der Waals surface area contributed by atoms with Gasteiger partial charge in [-0.25, -0.2) is 4.68 Å². The SMILES string of the molecule is Cc1cc(NC(=O)CCC2CCNCC2)n(-c2cccc(Br)c2)n1.Cl. The standard InChI is InChI=1S/C18H23BrN4O.ClH/c1-13-11-17(23(22-13)16-4-2-3-15(19)12-16)21-18(24)6-5-14-7-9-20-10-8-14;/h2-4,11-12,14,20H,5-10H2,1H3,(H,21,24);1H. The molecule has 1 aromatic carbocycles. The van der Waals surface area contributed by atoms with Crippen LogP contribution in [0.25, 0.3) is 5.69 Å². The molecule has 3 rings (SSSR count). The highest BCUT2D eigenvalue weighted by Gasteiger charge is 2.16. The van der Waals surface area contributed by atoms with Gasteiger partial charge >= 0.3 is 0 Å². The summed E-state index contributed by atoms with van der Waals surface area (Å²) in [6.07, 6.45) is 3.86. The quantitative estimate of drug-likeness (QED) is 0.756. The van der Waals surface area contributed by atoms with E-state index >= 15 is 0 Å². The third-order valence-corrected chi connectivity index (χ3v) is 4.88. The minimum absolute atomic E-state index is 0. The van der Waals surface area contributed by atoms with Crippen molar-refractivity contribution in [1.29, 1.82) is 0 Å². The van der Waals surface area contributed by atoms with E-state index in [1.54, 1.807) is 4.68 Å². The van der Waals surface area contributed by atoms with Gasteiger partial charge in [0.2, 0.25) is 5.91 Å². The van der Waals surface area contributed by atoms with Crippen LogP contribution >= 0.6 is 28.3 Å². The van der Waals surface area contributed by atoms with Crippen LogP contribution in [0.15, 0.2) is 34.8 Å².